The van der Waals surface area contributed by atoms with Crippen LogP contribution in [0.2, 0.25) is 0 Å². The predicted molar refractivity (Wildman–Crippen MR) is 202 cm³/mol. The number of amidine groups is 1. The quantitative estimate of drug-likeness (QED) is 0.0262. The summed E-state index contributed by atoms with van der Waals surface area (Å²) in [6.45, 7) is 18.6. The number of nitrogens with two attached hydrogens (primary N) is 1. The van der Waals surface area contributed by atoms with Crippen molar-refractivity contribution in [2.75, 3.05) is 23.5 Å². The van der Waals surface area contributed by atoms with Gasteiger partial charge in [-0.25, -0.2) is 24.0 Å². The molecule has 52 heavy (non-hydrogen) atoms. The van der Waals surface area contributed by atoms with Gasteiger partial charge in [-0.2, -0.15) is 16.7 Å². The lowest BCUT2D eigenvalue weighted by Crippen LogP contribution is -2.45. The first kappa shape index (κ1) is 52.6. The maximum absolute atomic E-state index is 11.7. The van der Waals surface area contributed by atoms with Gasteiger partial charge in [0.05, 0.1) is 0 Å². The monoisotopic (exact) mass is 803 g/mol. The van der Waals surface area contributed by atoms with Gasteiger partial charge in [0.1, 0.15) is 40.8 Å². The highest BCUT2D eigenvalue weighted by Gasteiger charge is 2.27. The molecule has 1 rings (SSSR count). The number of amides is 3. The normalized spacial score (nSPS) is 13.1. The Balaban J connectivity index is -0.000000852. The summed E-state index contributed by atoms with van der Waals surface area (Å²) in [5.74, 6) is -0.794. The fraction of sp³-hybridized carbons (Fsp3) is 0.733. The van der Waals surface area contributed by atoms with Crippen LogP contribution in [0.4, 0.5) is 14.4 Å². The maximum Gasteiger partial charge on any atom is 0.408 e. The van der Waals surface area contributed by atoms with Gasteiger partial charge in [-0.3, -0.25) is 0 Å². The Morgan fingerprint density at radius 3 is 1.38 bits per heavy atom. The highest BCUT2D eigenvalue weighted by molar-refractivity contribution is 8.76. The molecule has 8 N–H and O–H groups in total. The van der Waals surface area contributed by atoms with Crippen LogP contribution in [0.1, 0.15) is 94.4 Å². The summed E-state index contributed by atoms with van der Waals surface area (Å²) in [4.78, 5) is 61.7. The Labute approximate surface area is 317 Å². The van der Waals surface area contributed by atoms with E-state index in [1.807, 2.05) is 27.0 Å². The number of alkyl carbamates (subject to hydrolysis) is 3. The van der Waals surface area contributed by atoms with E-state index < -0.39 is 59.1 Å². The van der Waals surface area contributed by atoms with Crippen molar-refractivity contribution in [3.63, 3.8) is 0 Å². The topological polar surface area (TPSA) is 287 Å². The summed E-state index contributed by atoms with van der Waals surface area (Å²) >= 11 is 1.58. The lowest BCUT2D eigenvalue weighted by molar-refractivity contribution is -0.139. The molecule has 22 heteroatoms. The number of ether oxygens (including phenoxy) is 3. The number of carbonyl (C=O) groups excluding carboxylic acids is 3. The van der Waals surface area contributed by atoms with Crippen molar-refractivity contribution in [2.45, 2.75) is 119 Å². The number of hydrogen-bond acceptors (Lipinski definition) is 16. The molecule has 1 aromatic rings. The molecule has 0 spiro atoms. The summed E-state index contributed by atoms with van der Waals surface area (Å²) in [5.41, 5.74) is 2.73. The number of rotatable bonds is 13. The molecule has 0 fully saturated rings. The van der Waals surface area contributed by atoms with Gasteiger partial charge in [-0.1, -0.05) is 39.3 Å². The molecule has 0 unspecified atom stereocenters. The van der Waals surface area contributed by atoms with Crippen molar-refractivity contribution < 1.29 is 58.1 Å². The third kappa shape index (κ3) is 29.9. The summed E-state index contributed by atoms with van der Waals surface area (Å²) in [6.07, 6.45) is -0.272. The number of aromatic nitrogens is 2. The van der Waals surface area contributed by atoms with E-state index >= 15 is 0 Å². The number of carboxylic acid groups (broad SMARTS) is 2. The lowest BCUT2D eigenvalue weighted by atomic mass is 10.2. The fourth-order valence-electron chi connectivity index (χ4n) is 2.73. The third-order valence-electron chi connectivity index (χ3n) is 4.55. The minimum atomic E-state index is -1.25. The summed E-state index contributed by atoms with van der Waals surface area (Å²) in [5, 5.41) is 39.5. The average Bonchev–Trinajstić information content (AvgIpc) is 3.37. The Hall–Kier alpha value is -3.79. The molecule has 0 radical (unpaired) electrons. The first-order chi connectivity index (χ1) is 23.2. The van der Waals surface area contributed by atoms with Crippen molar-refractivity contribution in [1.82, 2.24) is 26.1 Å². The second-order valence-corrected chi connectivity index (χ2v) is 16.7. The second kappa shape index (κ2) is 25.2. The van der Waals surface area contributed by atoms with Crippen LogP contribution in [0, 0.1) is 6.92 Å². The number of carboxylic acids is 2. The van der Waals surface area contributed by atoms with Gasteiger partial charge >= 0.3 is 30.2 Å². The minimum absolute atomic E-state index is 0. The zero-order chi connectivity index (χ0) is 40.2. The van der Waals surface area contributed by atoms with E-state index in [1.165, 1.54) is 6.92 Å². The molecule has 1 heterocycles. The largest absolute Gasteiger partial charge is 0.480 e. The molecule has 0 aliphatic rings. The number of nitrogens with zero attached hydrogens (tertiary/aromatic N) is 3. The number of aliphatic carboxylic acids is 2. The predicted octanol–water partition coefficient (Wildman–Crippen LogP) is 5.02. The third-order valence-corrected chi connectivity index (χ3v) is 7.64. The van der Waals surface area contributed by atoms with Crippen molar-refractivity contribution in [3.8, 4) is 0 Å². The SMILES string of the molecule is C.C/C(N)=N/O.CC(C)(C)OC(=O)N[C@@H](CSSC[C@@H](NC(=O)OC(C)(C)C)C(=O)O)C(=O)O.CSC[C@H](NC(=O)OC(C)(C)C)c1nc(C)no1. The smallest absolute Gasteiger partial charge is 0.408 e. The molecule has 0 saturated heterocycles. The van der Waals surface area contributed by atoms with Crippen LogP contribution in [-0.4, -0.2) is 114 Å². The zero-order valence-electron chi connectivity index (χ0n) is 31.0. The molecule has 0 saturated carbocycles. The Bertz CT molecular complexity index is 1230. The number of oxime groups is 1. The van der Waals surface area contributed by atoms with Crippen LogP contribution < -0.4 is 21.7 Å². The molecule has 302 valence electrons. The van der Waals surface area contributed by atoms with E-state index in [2.05, 4.69) is 31.2 Å². The van der Waals surface area contributed by atoms with Crippen LogP contribution >= 0.6 is 33.3 Å². The molecular weight excluding hydrogens is 747 g/mol. The van der Waals surface area contributed by atoms with Crippen LogP contribution in [0.5, 0.6) is 0 Å². The first-order valence-corrected chi connectivity index (χ1v) is 19.0. The second-order valence-electron chi connectivity index (χ2n) is 13.2. The summed E-state index contributed by atoms with van der Waals surface area (Å²) < 4.78 is 20.3. The van der Waals surface area contributed by atoms with Gasteiger partial charge in [0.25, 0.3) is 0 Å². The molecule has 3 amide bonds. The number of hydrogen-bond donors (Lipinski definition) is 7. The van der Waals surface area contributed by atoms with E-state index in [0.717, 1.165) is 21.6 Å². The summed E-state index contributed by atoms with van der Waals surface area (Å²) in [6, 6.07) is -2.76. The highest BCUT2D eigenvalue weighted by atomic mass is 33.1. The van der Waals surface area contributed by atoms with Gasteiger partial charge < -0.3 is 55.8 Å². The van der Waals surface area contributed by atoms with E-state index in [1.54, 1.807) is 60.2 Å². The van der Waals surface area contributed by atoms with Crippen molar-refractivity contribution in [2.24, 2.45) is 10.9 Å². The van der Waals surface area contributed by atoms with Crippen molar-refractivity contribution in [3.05, 3.63) is 11.7 Å². The molecule has 1 aromatic heterocycles. The van der Waals surface area contributed by atoms with Crippen LogP contribution in [-0.2, 0) is 23.8 Å². The first-order valence-electron chi connectivity index (χ1n) is 15.1. The standard InChI is InChI=1S/C16H28N2O8S2.C11H19N3O3S.C2H6N2O.CH4/c1-15(2,3)25-13(23)17-9(11(19)20)7-27-28-8-10(12(21)22)18-14(24)26-16(4,5)6;1-7-12-9(17-14-7)8(6-18-5)13-10(15)16-11(2,3)4;1-2(3)4-5;/h9-10H,7-8H2,1-6H3,(H,17,23)(H,18,24)(H,19,20)(H,21,22);8H,6H2,1-5H3,(H,13,15);5H,1H3,(H2,3,4);1H4/t9-,10+;8-;;/m.0../s1. The average molecular weight is 804 g/mol. The van der Waals surface area contributed by atoms with Crippen molar-refractivity contribution in [1.29, 1.82) is 0 Å². The maximum atomic E-state index is 11.7. The lowest BCUT2D eigenvalue weighted by Gasteiger charge is -2.22. The Morgan fingerprint density at radius 1 is 0.788 bits per heavy atom. The van der Waals surface area contributed by atoms with Gasteiger partial charge in [0, 0.05) is 17.3 Å². The van der Waals surface area contributed by atoms with Gasteiger partial charge in [-0.05, 0) is 82.4 Å². The van der Waals surface area contributed by atoms with E-state index in [4.69, 9.17) is 29.7 Å². The minimum Gasteiger partial charge on any atom is -0.480 e. The molecule has 19 nitrogen and oxygen atoms in total. The molecule has 3 atom stereocenters. The molecule has 0 aromatic carbocycles. The molecule has 0 aliphatic heterocycles. The molecular formula is C30H57N7O12S3. The van der Waals surface area contributed by atoms with Gasteiger partial charge in [0.15, 0.2) is 5.82 Å². The zero-order valence-corrected chi connectivity index (χ0v) is 33.5. The van der Waals surface area contributed by atoms with Crippen LogP contribution in [0.3, 0.4) is 0 Å². The Kier molecular flexibility index (Phi) is 25.5. The number of nitrogens with one attached hydrogen (secondary N) is 3. The van der Waals surface area contributed by atoms with Crippen molar-refractivity contribution >= 4 is 69.4 Å². The van der Waals surface area contributed by atoms with Crippen LogP contribution in [0.25, 0.3) is 0 Å². The van der Waals surface area contributed by atoms with Gasteiger partial charge in [0.2, 0.25) is 5.89 Å². The van der Waals surface area contributed by atoms with Crippen LogP contribution in [0.15, 0.2) is 9.68 Å². The highest BCUT2D eigenvalue weighted by Crippen LogP contribution is 2.24. The Morgan fingerprint density at radius 2 is 1.13 bits per heavy atom. The van der Waals surface area contributed by atoms with E-state index in [0.29, 0.717) is 17.5 Å². The number of thioether (sulfide) groups is 1. The summed E-state index contributed by atoms with van der Waals surface area (Å²) in [7, 11) is 2.09. The molecule has 0 aliphatic carbocycles. The van der Waals surface area contributed by atoms with E-state index in [9.17, 15) is 34.2 Å². The fourth-order valence-corrected chi connectivity index (χ4v) is 5.60. The number of carbonyl (C=O) groups is 5. The van der Waals surface area contributed by atoms with E-state index in [-0.39, 0.29) is 30.8 Å². The van der Waals surface area contributed by atoms with Gasteiger partial charge in [-0.15, -0.1) is 0 Å². The molecule has 0 bridgehead atoms. The number of aryl methyl sites for hydroxylation is 1.